The molecule has 0 bridgehead atoms. The van der Waals surface area contributed by atoms with Gasteiger partial charge in [-0.2, -0.15) is 27.7 Å². The molecular weight excluding hydrogens is 432 g/mol. The monoisotopic (exact) mass is 452 g/mol. The van der Waals surface area contributed by atoms with E-state index in [4.69, 9.17) is 0 Å². The van der Waals surface area contributed by atoms with Crippen LogP contribution in [0.25, 0.3) is 0 Å². The molecule has 0 spiro atoms. The SMILES string of the molecule is C[C-]=[V].C[CH-]C.C[CH-]C.[CH3-].[W+2].[Y]. The minimum Gasteiger partial charge on any atom is -0.358 e. The van der Waals surface area contributed by atoms with E-state index in [1.54, 1.807) is 0 Å². The first kappa shape index (κ1) is 36.8. The molecule has 0 fully saturated rings. The Balaban J connectivity index is -0.00000001000. The molecule has 0 aliphatic heterocycles. The maximum atomic E-state index is 2.69. The molecule has 12 heavy (non-hydrogen) atoms. The van der Waals surface area contributed by atoms with Crippen molar-refractivity contribution in [1.29, 1.82) is 0 Å². The molecule has 0 aromatic rings. The second-order valence-electron chi connectivity index (χ2n) is 1.38. The normalized spacial score (nSPS) is 4.00. The van der Waals surface area contributed by atoms with E-state index in [1.807, 2.05) is 47.5 Å². The molecule has 72 valence electrons. The number of hydrogen-bond acceptors (Lipinski definition) is 0. The Morgan fingerprint density at radius 3 is 1.00 bits per heavy atom. The first-order chi connectivity index (χ1) is 4.24. The Morgan fingerprint density at radius 1 is 1.00 bits per heavy atom. The number of rotatable bonds is 0. The van der Waals surface area contributed by atoms with Crippen LogP contribution in [-0.2, 0) is 70.8 Å². The van der Waals surface area contributed by atoms with Gasteiger partial charge in [-0.25, -0.2) is 0 Å². The average molecular weight is 452 g/mol. The molecule has 1 radical (unpaired) electrons. The van der Waals surface area contributed by atoms with E-state index >= 15 is 0 Å². The van der Waals surface area contributed by atoms with Crippen LogP contribution in [0.1, 0.15) is 34.6 Å². The predicted octanol–water partition coefficient (Wildman–Crippen LogP) is 3.14. The Labute approximate surface area is 129 Å². The van der Waals surface area contributed by atoms with E-state index in [1.165, 1.54) is 0 Å². The van der Waals surface area contributed by atoms with Crippen LogP contribution in [0, 0.1) is 20.3 Å². The van der Waals surface area contributed by atoms with Gasteiger partial charge in [0.15, 0.2) is 0 Å². The fraction of sp³-hybridized carbons (Fsp3) is 0.556. The van der Waals surface area contributed by atoms with E-state index in [2.05, 4.69) is 21.7 Å². The van der Waals surface area contributed by atoms with Gasteiger partial charge >= 0.3 is 49.7 Å². The molecule has 0 atom stereocenters. The molecule has 0 saturated carbocycles. The van der Waals surface area contributed by atoms with Crippen molar-refractivity contribution in [3.05, 3.63) is 20.3 Å². The van der Waals surface area contributed by atoms with Gasteiger partial charge < -0.3 is 20.3 Å². The van der Waals surface area contributed by atoms with E-state index in [-0.39, 0.29) is 61.2 Å². The van der Waals surface area contributed by atoms with Crippen molar-refractivity contribution in [2.45, 2.75) is 34.6 Å². The van der Waals surface area contributed by atoms with Crippen molar-refractivity contribution in [3.63, 3.8) is 0 Å². The number of hydrogen-bond donors (Lipinski definition) is 0. The predicted molar refractivity (Wildman–Crippen MR) is 48.4 cm³/mol. The van der Waals surface area contributed by atoms with E-state index in [0.29, 0.717) is 0 Å². The zero-order chi connectivity index (χ0) is 8.12. The molecule has 0 rings (SSSR count). The van der Waals surface area contributed by atoms with E-state index in [0.717, 1.165) is 0 Å². The van der Waals surface area contributed by atoms with Crippen molar-refractivity contribution in [2.24, 2.45) is 0 Å². The fourth-order valence-electron chi connectivity index (χ4n) is 0. The van der Waals surface area contributed by atoms with Gasteiger partial charge in [0.2, 0.25) is 0 Å². The van der Waals surface area contributed by atoms with Crippen LogP contribution >= 0.6 is 0 Å². The van der Waals surface area contributed by atoms with Gasteiger partial charge in [-0.3, -0.25) is 0 Å². The van der Waals surface area contributed by atoms with Crippen molar-refractivity contribution < 1.29 is 70.8 Å². The summed E-state index contributed by atoms with van der Waals surface area (Å²) in [5, 5.41) is 0. The summed E-state index contributed by atoms with van der Waals surface area (Å²) in [4.78, 5) is 0. The smallest absolute Gasteiger partial charge is 0.358 e. The van der Waals surface area contributed by atoms with Crippen molar-refractivity contribution in [3.8, 4) is 0 Å². The molecule has 0 heterocycles. The van der Waals surface area contributed by atoms with E-state index in [9.17, 15) is 0 Å². The second kappa shape index (κ2) is 72.2. The average Bonchev–Trinajstić information content (AvgIpc) is 1.70. The van der Waals surface area contributed by atoms with Gasteiger partial charge in [0.05, 0.1) is 0 Å². The fourth-order valence-corrected chi connectivity index (χ4v) is 0. The second-order valence-corrected chi connectivity index (χ2v) is 2.08. The van der Waals surface area contributed by atoms with Gasteiger partial charge in [-0.1, -0.05) is 0 Å². The third kappa shape index (κ3) is 307. The summed E-state index contributed by atoms with van der Waals surface area (Å²) in [7, 11) is 0. The standard InChI is InChI=1S/2C3H7.C2H3.CH3.V.W.Y/c2*1-3-2;1-2;;;;/h2*3H,1-2H3;1H3;1H3;;;/q4*-1;;+2;. The molecule has 0 saturated heterocycles. The molecule has 0 nitrogen and oxygen atoms in total. The molecule has 0 aliphatic carbocycles. The molecular formula is C9H20VWY-2. The summed E-state index contributed by atoms with van der Waals surface area (Å²) >= 11 is 2.22. The van der Waals surface area contributed by atoms with Crippen LogP contribution in [0.15, 0.2) is 0 Å². The zero-order valence-corrected chi connectivity index (χ0v) is 16.3. The van der Waals surface area contributed by atoms with Crippen LogP contribution in [0.5, 0.6) is 0 Å². The minimum absolute atomic E-state index is 0. The largest absolute Gasteiger partial charge is 2.00 e. The molecule has 0 aliphatic rings. The molecule has 0 amide bonds. The topological polar surface area (TPSA) is 0 Å². The van der Waals surface area contributed by atoms with Gasteiger partial charge in [0, 0.05) is 32.7 Å². The summed E-state index contributed by atoms with van der Waals surface area (Å²) in [6.45, 7) is 9.85. The van der Waals surface area contributed by atoms with Gasteiger partial charge in [-0.15, -0.1) is 0 Å². The maximum Gasteiger partial charge on any atom is 2.00 e. The first-order valence-corrected chi connectivity index (χ1v) is 3.73. The Bertz CT molecular complexity index is 33.7. The summed E-state index contributed by atoms with van der Waals surface area (Å²) in [6.07, 6.45) is 4.00. The van der Waals surface area contributed by atoms with Gasteiger partial charge in [0.1, 0.15) is 0 Å². The molecule has 0 aromatic heterocycles. The Morgan fingerprint density at radius 2 is 1.00 bits per heavy atom. The molecule has 0 aromatic carbocycles. The minimum atomic E-state index is 0. The summed E-state index contributed by atoms with van der Waals surface area (Å²) < 4.78 is 2.69. The summed E-state index contributed by atoms with van der Waals surface area (Å²) in [5.74, 6) is 0. The maximum absolute atomic E-state index is 2.69. The first-order valence-electron chi connectivity index (χ1n) is 3.03. The molecule has 0 unspecified atom stereocenters. The van der Waals surface area contributed by atoms with E-state index < -0.39 is 0 Å². The quantitative estimate of drug-likeness (QED) is 0.496. The Kier molecular flexibility index (Phi) is 221. The van der Waals surface area contributed by atoms with Crippen LogP contribution in [0.4, 0.5) is 0 Å². The van der Waals surface area contributed by atoms with Crippen molar-refractivity contribution in [1.82, 2.24) is 0 Å². The van der Waals surface area contributed by atoms with Crippen molar-refractivity contribution >= 4 is 4.73 Å². The van der Waals surface area contributed by atoms with Gasteiger partial charge in [-0.05, 0) is 0 Å². The van der Waals surface area contributed by atoms with Crippen molar-refractivity contribution in [2.75, 3.05) is 0 Å². The Hall–Kier alpha value is 2.25. The van der Waals surface area contributed by atoms with Crippen LogP contribution in [-0.4, -0.2) is 4.73 Å². The third-order valence-electron chi connectivity index (χ3n) is 0. The summed E-state index contributed by atoms with van der Waals surface area (Å²) in [5.41, 5.74) is 0. The van der Waals surface area contributed by atoms with Gasteiger partial charge in [0.25, 0.3) is 0 Å². The van der Waals surface area contributed by atoms with Crippen LogP contribution in [0.3, 0.4) is 0 Å². The molecule has 0 N–H and O–H groups in total. The third-order valence-corrected chi connectivity index (χ3v) is 0. The summed E-state index contributed by atoms with van der Waals surface area (Å²) in [6, 6.07) is 0. The zero-order valence-electron chi connectivity index (χ0n) is 9.09. The molecule has 3 heteroatoms. The van der Waals surface area contributed by atoms with Crippen LogP contribution in [0.2, 0.25) is 0 Å². The van der Waals surface area contributed by atoms with Crippen LogP contribution < -0.4 is 0 Å².